The number of carboxylic acid groups (broad SMARTS) is 1. The Labute approximate surface area is 190 Å². The van der Waals surface area contributed by atoms with Crippen molar-refractivity contribution >= 4 is 33.6 Å². The van der Waals surface area contributed by atoms with Crippen LogP contribution < -0.4 is 5.32 Å². The Kier molecular flexibility index (Phi) is 5.58. The van der Waals surface area contributed by atoms with Crippen LogP contribution in [0, 0.1) is 5.82 Å². The molecule has 0 radical (unpaired) electrons. The van der Waals surface area contributed by atoms with Crippen LogP contribution in [0.1, 0.15) is 29.7 Å². The molecule has 33 heavy (non-hydrogen) atoms. The third-order valence-corrected chi connectivity index (χ3v) is 6.59. The molecule has 1 atom stereocenters. The Morgan fingerprint density at radius 3 is 2.73 bits per heavy atom. The van der Waals surface area contributed by atoms with Gasteiger partial charge < -0.3 is 15.0 Å². The maximum Gasteiger partial charge on any atom is 0.323 e. The highest BCUT2D eigenvalue weighted by atomic mass is 19.1. The first kappa shape index (κ1) is 21.2. The van der Waals surface area contributed by atoms with Crippen molar-refractivity contribution in [2.24, 2.45) is 0 Å². The molecule has 1 aromatic heterocycles. The van der Waals surface area contributed by atoms with Gasteiger partial charge in [-0.3, -0.25) is 9.59 Å². The zero-order valence-electron chi connectivity index (χ0n) is 18.2. The summed E-state index contributed by atoms with van der Waals surface area (Å²) < 4.78 is 15.7. The van der Waals surface area contributed by atoms with E-state index >= 15 is 0 Å². The second kappa shape index (κ2) is 8.70. The van der Waals surface area contributed by atoms with Crippen LogP contribution in [0.15, 0.2) is 60.7 Å². The smallest absolute Gasteiger partial charge is 0.323 e. The van der Waals surface area contributed by atoms with Crippen molar-refractivity contribution in [1.29, 1.82) is 0 Å². The first-order chi connectivity index (χ1) is 16.0. The third kappa shape index (κ3) is 4.21. The van der Waals surface area contributed by atoms with Crippen LogP contribution in [0.25, 0.3) is 21.7 Å². The van der Waals surface area contributed by atoms with E-state index in [-0.39, 0.29) is 24.3 Å². The van der Waals surface area contributed by atoms with Gasteiger partial charge in [0, 0.05) is 29.1 Å². The number of aliphatic carboxylic acids is 1. The summed E-state index contributed by atoms with van der Waals surface area (Å²) in [6.07, 6.45) is 3.00. The standard InChI is InChI=1S/C27H25FN2O3/c28-19-9-11-24-22(14-19)23-15-20(10-12-25(23)30(24)16-27(32)33)29-26(31)13-8-18-6-3-5-17-4-1-2-7-21(17)18/h1-7,9,11,14,20H,8,10,12-13,15-16H2,(H,29,31)(H,32,33)/t20-/m0/s1. The molecule has 4 aromatic rings. The van der Waals surface area contributed by atoms with Crippen molar-refractivity contribution in [1.82, 2.24) is 9.88 Å². The number of amides is 1. The number of hydrogen-bond donors (Lipinski definition) is 2. The van der Waals surface area contributed by atoms with Gasteiger partial charge in [-0.25, -0.2) is 4.39 Å². The first-order valence-electron chi connectivity index (χ1n) is 11.3. The maximum atomic E-state index is 14.0. The number of fused-ring (bicyclic) bond motifs is 4. The van der Waals surface area contributed by atoms with Crippen LogP contribution in [0.2, 0.25) is 0 Å². The van der Waals surface area contributed by atoms with Crippen LogP contribution in [-0.2, 0) is 35.4 Å². The molecule has 0 saturated heterocycles. The van der Waals surface area contributed by atoms with Gasteiger partial charge in [0.1, 0.15) is 12.4 Å². The van der Waals surface area contributed by atoms with Gasteiger partial charge in [0.25, 0.3) is 0 Å². The van der Waals surface area contributed by atoms with Gasteiger partial charge in [0.2, 0.25) is 5.91 Å². The van der Waals surface area contributed by atoms with Gasteiger partial charge in [-0.05, 0) is 65.8 Å². The number of hydrogen-bond acceptors (Lipinski definition) is 2. The number of nitrogens with one attached hydrogen (secondary N) is 1. The SMILES string of the molecule is O=C(O)Cn1c2c(c3cc(F)ccc31)C[C@@H](NC(=O)CCc1cccc3ccccc13)CC2. The van der Waals surface area contributed by atoms with E-state index in [9.17, 15) is 19.1 Å². The molecule has 1 aliphatic rings. The summed E-state index contributed by atoms with van der Waals surface area (Å²) in [5.41, 5.74) is 3.75. The topological polar surface area (TPSA) is 71.3 Å². The fraction of sp³-hybridized carbons (Fsp3) is 0.259. The first-order valence-corrected chi connectivity index (χ1v) is 11.3. The van der Waals surface area contributed by atoms with Crippen LogP contribution in [0.5, 0.6) is 0 Å². The van der Waals surface area contributed by atoms with Crippen LogP contribution in [-0.4, -0.2) is 27.6 Å². The van der Waals surface area contributed by atoms with Crippen molar-refractivity contribution in [2.45, 2.75) is 44.7 Å². The number of nitrogens with zero attached hydrogens (tertiary/aromatic N) is 1. The average Bonchev–Trinajstić information content (AvgIpc) is 3.09. The number of aromatic nitrogens is 1. The van der Waals surface area contributed by atoms with Gasteiger partial charge >= 0.3 is 5.97 Å². The summed E-state index contributed by atoms with van der Waals surface area (Å²) in [6, 6.07) is 18.7. The summed E-state index contributed by atoms with van der Waals surface area (Å²) in [4.78, 5) is 24.1. The average molecular weight is 445 g/mol. The molecule has 0 unspecified atom stereocenters. The highest BCUT2D eigenvalue weighted by Gasteiger charge is 2.27. The quantitative estimate of drug-likeness (QED) is 0.456. The van der Waals surface area contributed by atoms with Gasteiger partial charge in [-0.1, -0.05) is 42.5 Å². The molecule has 0 spiro atoms. The second-order valence-electron chi connectivity index (χ2n) is 8.71. The van der Waals surface area contributed by atoms with E-state index in [1.54, 1.807) is 10.6 Å². The normalized spacial score (nSPS) is 15.5. The number of aryl methyl sites for hydroxylation is 1. The van der Waals surface area contributed by atoms with E-state index in [2.05, 4.69) is 29.6 Å². The van der Waals surface area contributed by atoms with Gasteiger partial charge in [0.05, 0.1) is 0 Å². The molecule has 3 aromatic carbocycles. The molecule has 0 bridgehead atoms. The Morgan fingerprint density at radius 1 is 1.06 bits per heavy atom. The zero-order chi connectivity index (χ0) is 22.9. The molecule has 0 aliphatic heterocycles. The predicted octanol–water partition coefficient (Wildman–Crippen LogP) is 4.62. The van der Waals surface area contributed by atoms with E-state index in [1.165, 1.54) is 22.9 Å². The minimum absolute atomic E-state index is 0.00293. The third-order valence-electron chi connectivity index (χ3n) is 6.59. The number of carbonyl (C=O) groups excluding carboxylic acids is 1. The number of benzene rings is 3. The summed E-state index contributed by atoms with van der Waals surface area (Å²) >= 11 is 0. The largest absolute Gasteiger partial charge is 0.480 e. The lowest BCUT2D eigenvalue weighted by molar-refractivity contribution is -0.137. The Morgan fingerprint density at radius 2 is 1.88 bits per heavy atom. The van der Waals surface area contributed by atoms with Crippen LogP contribution >= 0.6 is 0 Å². The Hall–Kier alpha value is -3.67. The molecule has 168 valence electrons. The van der Waals surface area contributed by atoms with E-state index in [0.29, 0.717) is 25.7 Å². The lowest BCUT2D eigenvalue weighted by Crippen LogP contribution is -2.39. The molecular formula is C27H25FN2O3. The van der Waals surface area contributed by atoms with Crippen molar-refractivity contribution in [3.63, 3.8) is 0 Å². The summed E-state index contributed by atoms with van der Waals surface area (Å²) in [6.45, 7) is -0.153. The summed E-state index contributed by atoms with van der Waals surface area (Å²) in [7, 11) is 0. The summed E-state index contributed by atoms with van der Waals surface area (Å²) in [5.74, 6) is -1.28. The van der Waals surface area contributed by atoms with Crippen molar-refractivity contribution in [3.05, 3.63) is 83.3 Å². The van der Waals surface area contributed by atoms with Crippen molar-refractivity contribution in [3.8, 4) is 0 Å². The Balaban J connectivity index is 1.31. The minimum Gasteiger partial charge on any atom is -0.480 e. The maximum absolute atomic E-state index is 14.0. The van der Waals surface area contributed by atoms with Gasteiger partial charge in [0.15, 0.2) is 0 Å². The van der Waals surface area contributed by atoms with E-state index in [4.69, 9.17) is 0 Å². The highest BCUT2D eigenvalue weighted by Crippen LogP contribution is 2.33. The van der Waals surface area contributed by atoms with E-state index < -0.39 is 5.97 Å². The zero-order valence-corrected chi connectivity index (χ0v) is 18.2. The Bertz CT molecular complexity index is 1370. The molecule has 1 amide bonds. The van der Waals surface area contributed by atoms with Crippen molar-refractivity contribution < 1.29 is 19.1 Å². The lowest BCUT2D eigenvalue weighted by Gasteiger charge is -2.25. The number of carbonyl (C=O) groups is 2. The molecule has 0 saturated carbocycles. The van der Waals surface area contributed by atoms with Gasteiger partial charge in [-0.15, -0.1) is 0 Å². The monoisotopic (exact) mass is 444 g/mol. The van der Waals surface area contributed by atoms with Crippen LogP contribution in [0.4, 0.5) is 4.39 Å². The fourth-order valence-corrected chi connectivity index (χ4v) is 5.12. The van der Waals surface area contributed by atoms with Crippen molar-refractivity contribution in [2.75, 3.05) is 0 Å². The molecular weight excluding hydrogens is 419 g/mol. The highest BCUT2D eigenvalue weighted by molar-refractivity contribution is 5.88. The van der Waals surface area contributed by atoms with E-state index in [0.717, 1.165) is 34.1 Å². The van der Waals surface area contributed by atoms with Crippen LogP contribution in [0.3, 0.4) is 0 Å². The lowest BCUT2D eigenvalue weighted by atomic mass is 9.91. The molecule has 5 nitrogen and oxygen atoms in total. The predicted molar refractivity (Wildman–Crippen MR) is 126 cm³/mol. The fourth-order valence-electron chi connectivity index (χ4n) is 5.12. The molecule has 6 heteroatoms. The second-order valence-corrected chi connectivity index (χ2v) is 8.71. The number of rotatable bonds is 6. The molecule has 1 heterocycles. The molecule has 0 fully saturated rings. The summed E-state index contributed by atoms with van der Waals surface area (Å²) in [5, 5.41) is 15.6. The minimum atomic E-state index is -0.928. The number of halogens is 1. The molecule has 1 aliphatic carbocycles. The molecule has 2 N–H and O–H groups in total. The van der Waals surface area contributed by atoms with E-state index in [1.807, 2.05) is 18.2 Å². The number of carboxylic acids is 1. The molecule has 5 rings (SSSR count). The van der Waals surface area contributed by atoms with Gasteiger partial charge in [-0.2, -0.15) is 0 Å².